The molecule has 0 spiro atoms. The molecule has 6 heteroatoms. The Balaban J connectivity index is 2.47. The summed E-state index contributed by atoms with van der Waals surface area (Å²) >= 11 is 0. The Morgan fingerprint density at radius 1 is 1.60 bits per heavy atom. The molecule has 0 unspecified atom stereocenters. The number of fused-ring (bicyclic) bond motifs is 1. The molecular formula is C9H6N4O2. The standard InChI is InChI=1S/C9H6N4O2/c10-4-6-1-2-8-11-7(3-9(14)15)5-13(8)12-6/h1-2,5H,3H2,(H,14,15). The Labute approximate surface area is 84.4 Å². The van der Waals surface area contributed by atoms with Gasteiger partial charge in [-0.3, -0.25) is 4.79 Å². The SMILES string of the molecule is N#Cc1ccc2nc(CC(=O)O)cn2n1. The van der Waals surface area contributed by atoms with Crippen molar-refractivity contribution in [1.29, 1.82) is 5.26 Å². The first kappa shape index (κ1) is 9.15. The van der Waals surface area contributed by atoms with Gasteiger partial charge >= 0.3 is 5.97 Å². The summed E-state index contributed by atoms with van der Waals surface area (Å²) < 4.78 is 1.40. The Bertz CT molecular complexity index is 567. The quantitative estimate of drug-likeness (QED) is 0.752. The highest BCUT2D eigenvalue weighted by molar-refractivity contribution is 5.69. The van der Waals surface area contributed by atoms with Gasteiger partial charge in [-0.2, -0.15) is 10.4 Å². The average molecular weight is 202 g/mol. The van der Waals surface area contributed by atoms with Crippen LogP contribution in [0.2, 0.25) is 0 Å². The summed E-state index contributed by atoms with van der Waals surface area (Å²) in [6.07, 6.45) is 1.36. The van der Waals surface area contributed by atoms with Crippen LogP contribution in [0, 0.1) is 11.3 Å². The van der Waals surface area contributed by atoms with Crippen molar-refractivity contribution in [3.05, 3.63) is 29.7 Å². The third-order valence-corrected chi connectivity index (χ3v) is 1.82. The van der Waals surface area contributed by atoms with Gasteiger partial charge in [-0.15, -0.1) is 0 Å². The number of nitriles is 1. The first-order chi connectivity index (χ1) is 7.19. The minimum atomic E-state index is -0.945. The van der Waals surface area contributed by atoms with E-state index >= 15 is 0 Å². The minimum absolute atomic E-state index is 0.148. The van der Waals surface area contributed by atoms with E-state index in [1.807, 2.05) is 6.07 Å². The molecule has 6 nitrogen and oxygen atoms in total. The summed E-state index contributed by atoms with van der Waals surface area (Å²) in [5.74, 6) is -0.945. The minimum Gasteiger partial charge on any atom is -0.481 e. The zero-order chi connectivity index (χ0) is 10.8. The normalized spacial score (nSPS) is 10.1. The topological polar surface area (TPSA) is 91.3 Å². The Hall–Kier alpha value is -2.42. The van der Waals surface area contributed by atoms with E-state index in [-0.39, 0.29) is 12.1 Å². The van der Waals surface area contributed by atoms with Gasteiger partial charge in [0.15, 0.2) is 11.3 Å². The lowest BCUT2D eigenvalue weighted by Gasteiger charge is -1.89. The summed E-state index contributed by atoms with van der Waals surface area (Å²) in [5.41, 5.74) is 1.22. The fourth-order valence-corrected chi connectivity index (χ4v) is 1.23. The molecule has 0 atom stereocenters. The molecule has 1 N–H and O–H groups in total. The molecule has 2 rings (SSSR count). The van der Waals surface area contributed by atoms with Gasteiger partial charge in [0.1, 0.15) is 6.07 Å². The molecule has 0 fully saturated rings. The molecule has 0 saturated heterocycles. The highest BCUT2D eigenvalue weighted by Crippen LogP contribution is 2.04. The number of imidazole rings is 1. The van der Waals surface area contributed by atoms with Gasteiger partial charge in [0, 0.05) is 0 Å². The fourth-order valence-electron chi connectivity index (χ4n) is 1.23. The number of hydrogen-bond acceptors (Lipinski definition) is 4. The van der Waals surface area contributed by atoms with Crippen molar-refractivity contribution < 1.29 is 9.90 Å². The highest BCUT2D eigenvalue weighted by atomic mass is 16.4. The summed E-state index contributed by atoms with van der Waals surface area (Å²) in [6.45, 7) is 0. The van der Waals surface area contributed by atoms with Crippen LogP contribution in [-0.4, -0.2) is 25.7 Å². The van der Waals surface area contributed by atoms with E-state index in [4.69, 9.17) is 10.4 Å². The van der Waals surface area contributed by atoms with Crippen LogP contribution in [0.15, 0.2) is 18.3 Å². The van der Waals surface area contributed by atoms with Crippen molar-refractivity contribution in [2.45, 2.75) is 6.42 Å². The lowest BCUT2D eigenvalue weighted by molar-refractivity contribution is -0.136. The van der Waals surface area contributed by atoms with Gasteiger partial charge in [-0.25, -0.2) is 9.50 Å². The van der Waals surface area contributed by atoms with Gasteiger partial charge in [-0.1, -0.05) is 0 Å². The number of carbonyl (C=O) groups is 1. The number of carboxylic acid groups (broad SMARTS) is 1. The maximum Gasteiger partial charge on any atom is 0.309 e. The van der Waals surface area contributed by atoms with E-state index in [2.05, 4.69) is 10.1 Å². The summed E-state index contributed by atoms with van der Waals surface area (Å²) in [7, 11) is 0. The number of aliphatic carboxylic acids is 1. The smallest absolute Gasteiger partial charge is 0.309 e. The molecule has 2 aromatic heterocycles. The van der Waals surface area contributed by atoms with E-state index in [0.717, 1.165) is 0 Å². The van der Waals surface area contributed by atoms with Crippen molar-refractivity contribution in [3.63, 3.8) is 0 Å². The zero-order valence-corrected chi connectivity index (χ0v) is 7.58. The monoisotopic (exact) mass is 202 g/mol. The van der Waals surface area contributed by atoms with Crippen molar-refractivity contribution in [3.8, 4) is 6.07 Å². The van der Waals surface area contributed by atoms with Crippen LogP contribution in [0.5, 0.6) is 0 Å². The second-order valence-electron chi connectivity index (χ2n) is 2.94. The third-order valence-electron chi connectivity index (χ3n) is 1.82. The zero-order valence-electron chi connectivity index (χ0n) is 7.58. The Morgan fingerprint density at radius 3 is 3.07 bits per heavy atom. The molecule has 0 saturated carbocycles. The van der Waals surface area contributed by atoms with Crippen LogP contribution < -0.4 is 0 Å². The van der Waals surface area contributed by atoms with E-state index in [9.17, 15) is 4.79 Å². The highest BCUT2D eigenvalue weighted by Gasteiger charge is 2.06. The number of rotatable bonds is 2. The summed E-state index contributed by atoms with van der Waals surface area (Å²) in [5, 5.41) is 21.1. The first-order valence-corrected chi connectivity index (χ1v) is 4.16. The van der Waals surface area contributed by atoms with Crippen LogP contribution in [0.1, 0.15) is 11.4 Å². The number of nitrogens with zero attached hydrogens (tertiary/aromatic N) is 4. The third kappa shape index (κ3) is 1.76. The molecule has 0 aliphatic carbocycles. The van der Waals surface area contributed by atoms with Gasteiger partial charge in [0.2, 0.25) is 0 Å². The van der Waals surface area contributed by atoms with Gasteiger partial charge in [0.05, 0.1) is 18.3 Å². The lowest BCUT2D eigenvalue weighted by Crippen LogP contribution is -1.99. The van der Waals surface area contributed by atoms with Gasteiger partial charge < -0.3 is 5.11 Å². The molecule has 2 aromatic rings. The fraction of sp³-hybridized carbons (Fsp3) is 0.111. The van der Waals surface area contributed by atoms with E-state index in [1.54, 1.807) is 6.07 Å². The Kier molecular flexibility index (Phi) is 2.06. The van der Waals surface area contributed by atoms with Gasteiger partial charge in [0.25, 0.3) is 0 Å². The second kappa shape index (κ2) is 3.38. The van der Waals surface area contributed by atoms with Crippen molar-refractivity contribution in [2.24, 2.45) is 0 Å². The molecule has 0 amide bonds. The number of carboxylic acids is 1. The summed E-state index contributed by atoms with van der Waals surface area (Å²) in [4.78, 5) is 14.5. The summed E-state index contributed by atoms with van der Waals surface area (Å²) in [6, 6.07) is 5.05. The molecule has 0 aliphatic heterocycles. The molecular weight excluding hydrogens is 196 g/mol. The molecule has 2 heterocycles. The molecule has 74 valence electrons. The lowest BCUT2D eigenvalue weighted by atomic mass is 10.3. The largest absolute Gasteiger partial charge is 0.481 e. The molecule has 15 heavy (non-hydrogen) atoms. The van der Waals surface area contributed by atoms with Gasteiger partial charge in [-0.05, 0) is 12.1 Å². The first-order valence-electron chi connectivity index (χ1n) is 4.16. The van der Waals surface area contributed by atoms with Crippen molar-refractivity contribution >= 4 is 11.6 Å². The number of aromatic nitrogens is 3. The van der Waals surface area contributed by atoms with Crippen molar-refractivity contribution in [1.82, 2.24) is 14.6 Å². The average Bonchev–Trinajstić information content (AvgIpc) is 2.57. The molecule has 0 aliphatic rings. The maximum absolute atomic E-state index is 10.4. The van der Waals surface area contributed by atoms with Crippen LogP contribution in [0.4, 0.5) is 0 Å². The van der Waals surface area contributed by atoms with Crippen LogP contribution in [0.25, 0.3) is 5.65 Å². The van der Waals surface area contributed by atoms with Crippen molar-refractivity contribution in [2.75, 3.05) is 0 Å². The molecule has 0 radical (unpaired) electrons. The van der Waals surface area contributed by atoms with E-state index in [0.29, 0.717) is 11.3 Å². The van der Waals surface area contributed by atoms with Crippen LogP contribution in [-0.2, 0) is 11.2 Å². The van der Waals surface area contributed by atoms with Crippen LogP contribution >= 0.6 is 0 Å². The Morgan fingerprint density at radius 2 is 2.40 bits per heavy atom. The van der Waals surface area contributed by atoms with Crippen LogP contribution in [0.3, 0.4) is 0 Å². The predicted octanol–water partition coefficient (Wildman–Crippen LogP) is 0.228. The second-order valence-corrected chi connectivity index (χ2v) is 2.94. The molecule has 0 aromatic carbocycles. The maximum atomic E-state index is 10.4. The number of hydrogen-bond donors (Lipinski definition) is 1. The van der Waals surface area contributed by atoms with E-state index < -0.39 is 5.97 Å². The molecule has 0 bridgehead atoms. The van der Waals surface area contributed by atoms with E-state index in [1.165, 1.54) is 16.8 Å². The predicted molar refractivity (Wildman–Crippen MR) is 49.0 cm³/mol.